The molecule has 0 bridgehead atoms. The largest absolute Gasteiger partial charge is 0.418 e. The SMILES string of the molecule is CN(CC1CCCC1)c1ccc(N)cc1C(F)(F)F. The van der Waals surface area contributed by atoms with E-state index in [2.05, 4.69) is 0 Å². The number of benzene rings is 1. The van der Waals surface area contributed by atoms with Crippen molar-refractivity contribution in [3.8, 4) is 0 Å². The van der Waals surface area contributed by atoms with Crippen molar-refractivity contribution in [2.24, 2.45) is 5.92 Å². The average molecular weight is 272 g/mol. The maximum atomic E-state index is 13.0. The minimum atomic E-state index is -4.37. The van der Waals surface area contributed by atoms with Crippen molar-refractivity contribution in [2.45, 2.75) is 31.9 Å². The fourth-order valence-corrected chi connectivity index (χ4v) is 2.79. The molecule has 19 heavy (non-hydrogen) atoms. The second-order valence-electron chi connectivity index (χ2n) is 5.31. The summed E-state index contributed by atoms with van der Waals surface area (Å²) >= 11 is 0. The minimum Gasteiger partial charge on any atom is -0.399 e. The van der Waals surface area contributed by atoms with Gasteiger partial charge in [-0.2, -0.15) is 13.2 Å². The van der Waals surface area contributed by atoms with E-state index >= 15 is 0 Å². The third kappa shape index (κ3) is 3.33. The Hall–Kier alpha value is -1.39. The van der Waals surface area contributed by atoms with Crippen LogP contribution in [0.25, 0.3) is 0 Å². The highest BCUT2D eigenvalue weighted by Gasteiger charge is 2.35. The lowest BCUT2D eigenvalue weighted by Crippen LogP contribution is -2.26. The Bertz CT molecular complexity index is 437. The van der Waals surface area contributed by atoms with E-state index in [0.717, 1.165) is 18.9 Å². The first-order valence-electron chi connectivity index (χ1n) is 6.56. The van der Waals surface area contributed by atoms with Crippen LogP contribution in [0.5, 0.6) is 0 Å². The molecule has 2 rings (SSSR count). The van der Waals surface area contributed by atoms with E-state index in [4.69, 9.17) is 5.73 Å². The highest BCUT2D eigenvalue weighted by molar-refractivity contribution is 5.60. The van der Waals surface area contributed by atoms with Crippen molar-refractivity contribution >= 4 is 11.4 Å². The van der Waals surface area contributed by atoms with Gasteiger partial charge in [-0.05, 0) is 37.0 Å². The topological polar surface area (TPSA) is 29.3 Å². The van der Waals surface area contributed by atoms with E-state index in [0.29, 0.717) is 12.5 Å². The molecule has 0 amide bonds. The van der Waals surface area contributed by atoms with E-state index in [1.54, 1.807) is 11.9 Å². The Morgan fingerprint density at radius 2 is 1.89 bits per heavy atom. The molecule has 0 heterocycles. The standard InChI is InChI=1S/C14H19F3N2/c1-19(9-10-4-2-3-5-10)13-7-6-11(18)8-12(13)14(15,16)17/h6-8,10H,2-5,9,18H2,1H3. The Kier molecular flexibility index (Phi) is 3.92. The Balaban J connectivity index is 2.22. The lowest BCUT2D eigenvalue weighted by atomic mass is 10.1. The second-order valence-corrected chi connectivity index (χ2v) is 5.31. The maximum Gasteiger partial charge on any atom is 0.418 e. The summed E-state index contributed by atoms with van der Waals surface area (Å²) in [4.78, 5) is 1.71. The normalized spacial score (nSPS) is 16.8. The monoisotopic (exact) mass is 272 g/mol. The summed E-state index contributed by atoms with van der Waals surface area (Å²) in [7, 11) is 1.72. The maximum absolute atomic E-state index is 13.0. The molecule has 1 saturated carbocycles. The Morgan fingerprint density at radius 1 is 1.26 bits per heavy atom. The first kappa shape index (κ1) is 14.0. The van der Waals surface area contributed by atoms with Crippen LogP contribution in [0.3, 0.4) is 0 Å². The summed E-state index contributed by atoms with van der Waals surface area (Å²) in [5.41, 5.74) is 5.18. The fourth-order valence-electron chi connectivity index (χ4n) is 2.79. The lowest BCUT2D eigenvalue weighted by molar-refractivity contribution is -0.137. The molecule has 0 spiro atoms. The summed E-state index contributed by atoms with van der Waals surface area (Å²) in [6.45, 7) is 0.674. The van der Waals surface area contributed by atoms with Crippen molar-refractivity contribution < 1.29 is 13.2 Å². The van der Waals surface area contributed by atoms with Gasteiger partial charge in [-0.1, -0.05) is 12.8 Å². The molecule has 1 aliphatic rings. The molecule has 1 aliphatic carbocycles. The molecule has 1 aromatic carbocycles. The number of halogens is 3. The molecule has 106 valence electrons. The van der Waals surface area contributed by atoms with E-state index in [-0.39, 0.29) is 11.4 Å². The van der Waals surface area contributed by atoms with Gasteiger partial charge in [-0.15, -0.1) is 0 Å². The van der Waals surface area contributed by atoms with E-state index in [1.165, 1.54) is 25.0 Å². The molecule has 1 aromatic rings. The van der Waals surface area contributed by atoms with Crippen molar-refractivity contribution in [3.05, 3.63) is 23.8 Å². The predicted octanol–water partition coefficient (Wildman–Crippen LogP) is 3.91. The van der Waals surface area contributed by atoms with Crippen LogP contribution in [0.15, 0.2) is 18.2 Å². The zero-order valence-electron chi connectivity index (χ0n) is 11.0. The number of nitrogens with zero attached hydrogens (tertiary/aromatic N) is 1. The van der Waals surface area contributed by atoms with Gasteiger partial charge in [-0.25, -0.2) is 0 Å². The van der Waals surface area contributed by atoms with Crippen LogP contribution in [-0.4, -0.2) is 13.6 Å². The smallest absolute Gasteiger partial charge is 0.399 e. The quantitative estimate of drug-likeness (QED) is 0.845. The lowest BCUT2D eigenvalue weighted by Gasteiger charge is -2.26. The van der Waals surface area contributed by atoms with Crippen LogP contribution in [0.1, 0.15) is 31.2 Å². The molecule has 2 nitrogen and oxygen atoms in total. The molecular weight excluding hydrogens is 253 g/mol. The summed E-state index contributed by atoms with van der Waals surface area (Å²) in [5, 5.41) is 0. The first-order valence-corrected chi connectivity index (χ1v) is 6.56. The van der Waals surface area contributed by atoms with Gasteiger partial charge >= 0.3 is 6.18 Å². The number of nitrogens with two attached hydrogens (primary N) is 1. The van der Waals surface area contributed by atoms with Gasteiger partial charge in [0.25, 0.3) is 0 Å². The van der Waals surface area contributed by atoms with Crippen LogP contribution in [0.2, 0.25) is 0 Å². The van der Waals surface area contributed by atoms with Gasteiger partial charge in [0.15, 0.2) is 0 Å². The molecule has 0 aromatic heterocycles. The van der Waals surface area contributed by atoms with Crippen molar-refractivity contribution in [3.63, 3.8) is 0 Å². The highest BCUT2D eigenvalue weighted by Crippen LogP contribution is 2.38. The first-order chi connectivity index (χ1) is 8.88. The number of nitrogen functional groups attached to an aromatic ring is 1. The van der Waals surface area contributed by atoms with Crippen molar-refractivity contribution in [1.82, 2.24) is 0 Å². The predicted molar refractivity (Wildman–Crippen MR) is 71.1 cm³/mol. The van der Waals surface area contributed by atoms with Crippen molar-refractivity contribution in [2.75, 3.05) is 24.2 Å². The van der Waals surface area contributed by atoms with E-state index < -0.39 is 11.7 Å². The van der Waals surface area contributed by atoms with Crippen LogP contribution < -0.4 is 10.6 Å². The number of hydrogen-bond acceptors (Lipinski definition) is 2. The van der Waals surface area contributed by atoms with Gasteiger partial charge in [0.05, 0.1) is 5.56 Å². The summed E-state index contributed by atoms with van der Waals surface area (Å²) in [5.74, 6) is 0.503. The number of anilines is 2. The van der Waals surface area contributed by atoms with E-state index in [1.807, 2.05) is 0 Å². The summed E-state index contributed by atoms with van der Waals surface area (Å²) in [6.07, 6.45) is 0.231. The zero-order valence-corrected chi connectivity index (χ0v) is 11.0. The number of rotatable bonds is 3. The molecular formula is C14H19F3N2. The zero-order chi connectivity index (χ0) is 14.0. The van der Waals surface area contributed by atoms with Gasteiger partial charge in [0.2, 0.25) is 0 Å². The van der Waals surface area contributed by atoms with Crippen LogP contribution in [-0.2, 0) is 6.18 Å². The molecule has 0 atom stereocenters. The van der Waals surface area contributed by atoms with Crippen LogP contribution >= 0.6 is 0 Å². The van der Waals surface area contributed by atoms with E-state index in [9.17, 15) is 13.2 Å². The molecule has 0 saturated heterocycles. The number of alkyl halides is 3. The fraction of sp³-hybridized carbons (Fsp3) is 0.571. The van der Waals surface area contributed by atoms with Gasteiger partial charge in [0.1, 0.15) is 0 Å². The second kappa shape index (κ2) is 5.31. The molecule has 0 unspecified atom stereocenters. The summed E-state index contributed by atoms with van der Waals surface area (Å²) in [6, 6.07) is 4.00. The van der Waals surface area contributed by atoms with Crippen molar-refractivity contribution in [1.29, 1.82) is 0 Å². The molecule has 2 N–H and O–H groups in total. The molecule has 0 radical (unpaired) electrons. The third-order valence-corrected chi connectivity index (χ3v) is 3.74. The minimum absolute atomic E-state index is 0.144. The molecule has 1 fully saturated rings. The number of hydrogen-bond donors (Lipinski definition) is 1. The van der Waals surface area contributed by atoms with Crippen LogP contribution in [0, 0.1) is 5.92 Å². The average Bonchev–Trinajstić information content (AvgIpc) is 2.80. The van der Waals surface area contributed by atoms with Gasteiger partial charge in [0, 0.05) is 25.0 Å². The molecule has 0 aliphatic heterocycles. The van der Waals surface area contributed by atoms with Gasteiger partial charge in [-0.3, -0.25) is 0 Å². The van der Waals surface area contributed by atoms with Gasteiger partial charge < -0.3 is 10.6 Å². The molecule has 5 heteroatoms. The third-order valence-electron chi connectivity index (χ3n) is 3.74. The summed E-state index contributed by atoms with van der Waals surface area (Å²) < 4.78 is 39.1. The Labute approximate surface area is 111 Å². The van der Waals surface area contributed by atoms with Crippen LogP contribution in [0.4, 0.5) is 24.5 Å². The highest BCUT2D eigenvalue weighted by atomic mass is 19.4. The Morgan fingerprint density at radius 3 is 2.47 bits per heavy atom.